The second-order valence-corrected chi connectivity index (χ2v) is 9.02. The fourth-order valence-corrected chi connectivity index (χ4v) is 4.86. The van der Waals surface area contributed by atoms with Crippen LogP contribution in [-0.4, -0.2) is 0 Å². The Morgan fingerprint density at radius 1 is 0.808 bits per heavy atom. The SMILES string of the molecule is Cc1cccc(C(C)(C)C)c1OP1Oc2ccccc2-c2ccccc21. The number of fused-ring (bicyclic) bond motifs is 3. The predicted molar refractivity (Wildman–Crippen MR) is 110 cm³/mol. The first kappa shape index (κ1) is 17.1. The van der Waals surface area contributed by atoms with Crippen LogP contribution in [0.3, 0.4) is 0 Å². The van der Waals surface area contributed by atoms with E-state index in [4.69, 9.17) is 9.05 Å². The zero-order valence-corrected chi connectivity index (χ0v) is 16.5. The van der Waals surface area contributed by atoms with Crippen LogP contribution in [-0.2, 0) is 5.41 Å². The lowest BCUT2D eigenvalue weighted by atomic mass is 9.85. The van der Waals surface area contributed by atoms with E-state index in [1.165, 1.54) is 11.1 Å². The van der Waals surface area contributed by atoms with E-state index in [2.05, 4.69) is 76.2 Å². The Balaban J connectivity index is 1.80. The van der Waals surface area contributed by atoms with Crippen molar-refractivity contribution < 1.29 is 9.05 Å². The van der Waals surface area contributed by atoms with Gasteiger partial charge in [0.25, 0.3) is 0 Å². The summed E-state index contributed by atoms with van der Waals surface area (Å²) in [6.07, 6.45) is 0. The van der Waals surface area contributed by atoms with Gasteiger partial charge in [-0.1, -0.05) is 75.4 Å². The lowest BCUT2D eigenvalue weighted by Gasteiger charge is -2.30. The molecule has 3 aromatic rings. The van der Waals surface area contributed by atoms with Crippen LogP contribution in [0.5, 0.6) is 11.5 Å². The Hall–Kier alpha value is -2.31. The Morgan fingerprint density at radius 3 is 2.27 bits per heavy atom. The van der Waals surface area contributed by atoms with Crippen molar-refractivity contribution in [2.75, 3.05) is 0 Å². The molecule has 1 heterocycles. The quantitative estimate of drug-likeness (QED) is 0.493. The summed E-state index contributed by atoms with van der Waals surface area (Å²) < 4.78 is 12.9. The van der Waals surface area contributed by atoms with Gasteiger partial charge in [0.2, 0.25) is 0 Å². The largest absolute Gasteiger partial charge is 0.435 e. The molecule has 1 atom stereocenters. The molecule has 0 saturated carbocycles. The third-order valence-electron chi connectivity index (χ3n) is 4.65. The second kappa shape index (κ2) is 6.45. The summed E-state index contributed by atoms with van der Waals surface area (Å²) in [6.45, 7) is 8.75. The standard InChI is InChI=1S/C23H23O2P/c1-16-10-9-13-19(23(2,3)4)22(16)25-26-21-15-8-6-12-18(21)17-11-5-7-14-20(17)24-26/h5-15H,1-4H3. The van der Waals surface area contributed by atoms with E-state index in [1.807, 2.05) is 18.2 Å². The van der Waals surface area contributed by atoms with Crippen LogP contribution in [0.25, 0.3) is 11.1 Å². The van der Waals surface area contributed by atoms with Crippen molar-refractivity contribution in [1.82, 2.24) is 0 Å². The number of hydrogen-bond acceptors (Lipinski definition) is 2. The lowest BCUT2D eigenvalue weighted by molar-refractivity contribution is 0.478. The Morgan fingerprint density at radius 2 is 1.50 bits per heavy atom. The summed E-state index contributed by atoms with van der Waals surface area (Å²) in [6, 6.07) is 22.9. The summed E-state index contributed by atoms with van der Waals surface area (Å²) in [7, 11) is -1.23. The molecule has 2 nitrogen and oxygen atoms in total. The molecular weight excluding hydrogens is 339 g/mol. The predicted octanol–water partition coefficient (Wildman–Crippen LogP) is 6.37. The number of para-hydroxylation sites is 2. The fraction of sp³-hybridized carbons (Fsp3) is 0.217. The summed E-state index contributed by atoms with van der Waals surface area (Å²) >= 11 is 0. The van der Waals surface area contributed by atoms with Crippen LogP contribution in [0.2, 0.25) is 0 Å². The van der Waals surface area contributed by atoms with Crippen LogP contribution < -0.4 is 14.4 Å². The Labute approximate surface area is 156 Å². The van der Waals surface area contributed by atoms with Gasteiger partial charge in [0.05, 0.1) is 5.30 Å². The van der Waals surface area contributed by atoms with Gasteiger partial charge in [-0.3, -0.25) is 0 Å². The van der Waals surface area contributed by atoms with E-state index in [0.717, 1.165) is 27.9 Å². The molecule has 4 rings (SSSR count). The maximum Gasteiger partial charge on any atom is 0.326 e. The summed E-state index contributed by atoms with van der Waals surface area (Å²) in [5.41, 5.74) is 4.68. The molecule has 0 spiro atoms. The molecular formula is C23H23O2P. The minimum atomic E-state index is -1.23. The highest BCUT2D eigenvalue weighted by Crippen LogP contribution is 2.51. The van der Waals surface area contributed by atoms with Crippen molar-refractivity contribution >= 4 is 13.7 Å². The van der Waals surface area contributed by atoms with Gasteiger partial charge in [0.1, 0.15) is 11.5 Å². The summed E-state index contributed by atoms with van der Waals surface area (Å²) in [4.78, 5) is 0. The monoisotopic (exact) mass is 362 g/mol. The van der Waals surface area contributed by atoms with Gasteiger partial charge in [0, 0.05) is 11.1 Å². The molecule has 0 aliphatic carbocycles. The van der Waals surface area contributed by atoms with Gasteiger partial charge in [-0.05, 0) is 35.6 Å². The fourth-order valence-electron chi connectivity index (χ4n) is 3.28. The molecule has 0 bridgehead atoms. The highest BCUT2D eigenvalue weighted by molar-refractivity contribution is 7.57. The van der Waals surface area contributed by atoms with Gasteiger partial charge < -0.3 is 9.05 Å². The second-order valence-electron chi connectivity index (χ2n) is 7.65. The first-order valence-electron chi connectivity index (χ1n) is 8.90. The minimum Gasteiger partial charge on any atom is -0.435 e. The van der Waals surface area contributed by atoms with Gasteiger partial charge in [-0.2, -0.15) is 0 Å². The molecule has 0 N–H and O–H groups in total. The highest BCUT2D eigenvalue weighted by atomic mass is 31.2. The lowest BCUT2D eigenvalue weighted by Crippen LogP contribution is -2.19. The van der Waals surface area contributed by atoms with E-state index in [9.17, 15) is 0 Å². The van der Waals surface area contributed by atoms with Crippen LogP contribution in [0.4, 0.5) is 0 Å². The van der Waals surface area contributed by atoms with Crippen LogP contribution in [0, 0.1) is 6.92 Å². The van der Waals surface area contributed by atoms with Crippen molar-refractivity contribution in [3.63, 3.8) is 0 Å². The zero-order valence-electron chi connectivity index (χ0n) is 15.6. The van der Waals surface area contributed by atoms with E-state index in [0.29, 0.717) is 0 Å². The van der Waals surface area contributed by atoms with E-state index in [-0.39, 0.29) is 5.41 Å². The van der Waals surface area contributed by atoms with Crippen molar-refractivity contribution in [2.45, 2.75) is 33.1 Å². The van der Waals surface area contributed by atoms with Crippen LogP contribution in [0.15, 0.2) is 66.7 Å². The van der Waals surface area contributed by atoms with Gasteiger partial charge in [-0.25, -0.2) is 0 Å². The Bertz CT molecular complexity index is 956. The topological polar surface area (TPSA) is 18.5 Å². The van der Waals surface area contributed by atoms with Crippen molar-refractivity contribution in [1.29, 1.82) is 0 Å². The maximum atomic E-state index is 6.57. The molecule has 1 aliphatic rings. The molecule has 132 valence electrons. The molecule has 0 saturated heterocycles. The molecule has 0 fully saturated rings. The third-order valence-corrected chi connectivity index (χ3v) is 6.15. The molecule has 0 radical (unpaired) electrons. The number of benzene rings is 3. The average molecular weight is 362 g/mol. The molecule has 0 amide bonds. The van der Waals surface area contributed by atoms with Gasteiger partial charge in [0.15, 0.2) is 0 Å². The summed E-state index contributed by atoms with van der Waals surface area (Å²) in [5, 5.41) is 1.13. The zero-order chi connectivity index (χ0) is 18.3. The van der Waals surface area contributed by atoms with E-state index in [1.54, 1.807) is 0 Å². The highest BCUT2D eigenvalue weighted by Gasteiger charge is 2.31. The maximum absolute atomic E-state index is 6.57. The van der Waals surface area contributed by atoms with Crippen molar-refractivity contribution in [3.05, 3.63) is 77.9 Å². The Kier molecular flexibility index (Phi) is 4.25. The molecule has 1 unspecified atom stereocenters. The van der Waals surface area contributed by atoms with Crippen molar-refractivity contribution in [3.8, 4) is 22.6 Å². The first-order valence-corrected chi connectivity index (χ1v) is 10.1. The molecule has 3 aromatic carbocycles. The average Bonchev–Trinajstić information content (AvgIpc) is 2.62. The molecule has 0 aromatic heterocycles. The number of hydrogen-bond donors (Lipinski definition) is 0. The smallest absolute Gasteiger partial charge is 0.326 e. The number of rotatable bonds is 2. The van der Waals surface area contributed by atoms with Gasteiger partial charge in [-0.15, -0.1) is 0 Å². The van der Waals surface area contributed by atoms with E-state index < -0.39 is 8.38 Å². The minimum absolute atomic E-state index is 0.00387. The first-order chi connectivity index (χ1) is 12.4. The van der Waals surface area contributed by atoms with E-state index >= 15 is 0 Å². The van der Waals surface area contributed by atoms with Crippen LogP contribution >= 0.6 is 8.38 Å². The van der Waals surface area contributed by atoms with Crippen LogP contribution in [0.1, 0.15) is 31.9 Å². The van der Waals surface area contributed by atoms with Crippen molar-refractivity contribution in [2.24, 2.45) is 0 Å². The normalized spacial score (nSPS) is 15.6. The number of aryl methyl sites for hydroxylation is 1. The molecule has 3 heteroatoms. The third kappa shape index (κ3) is 2.99. The van der Waals surface area contributed by atoms with Gasteiger partial charge >= 0.3 is 8.38 Å². The summed E-state index contributed by atoms with van der Waals surface area (Å²) in [5.74, 6) is 1.84. The molecule has 1 aliphatic heterocycles. The molecule has 26 heavy (non-hydrogen) atoms.